The molecular weight excluding hydrogens is 198 g/mol. The molecule has 5 nitrogen and oxygen atoms in total. The van der Waals surface area contributed by atoms with Gasteiger partial charge in [-0.15, -0.1) is 0 Å². The zero-order valence-corrected chi connectivity index (χ0v) is 8.65. The maximum Gasteiger partial charge on any atom is 0.373 e. The van der Waals surface area contributed by atoms with Gasteiger partial charge in [-0.1, -0.05) is 0 Å². The van der Waals surface area contributed by atoms with Crippen molar-refractivity contribution in [2.24, 2.45) is 0 Å². The van der Waals surface area contributed by atoms with E-state index in [0.29, 0.717) is 11.4 Å². The monoisotopic (exact) mass is 211 g/mol. The quantitative estimate of drug-likeness (QED) is 0.463. The van der Waals surface area contributed by atoms with E-state index in [9.17, 15) is 4.79 Å². The average Bonchev–Trinajstić information content (AvgIpc) is 2.61. The molecule has 5 heteroatoms. The van der Waals surface area contributed by atoms with Gasteiger partial charge in [0, 0.05) is 12.1 Å². The summed E-state index contributed by atoms with van der Waals surface area (Å²) in [5.74, 6) is -0.116. The Labute approximate surface area is 87.5 Å². The van der Waals surface area contributed by atoms with Crippen molar-refractivity contribution in [3.63, 3.8) is 0 Å². The first-order valence-electron chi connectivity index (χ1n) is 4.44. The van der Waals surface area contributed by atoms with Gasteiger partial charge in [0.05, 0.1) is 25.7 Å². The third-order valence-corrected chi connectivity index (χ3v) is 1.69. The molecule has 1 rings (SSSR count). The second kappa shape index (κ2) is 5.09. The fourth-order valence-corrected chi connectivity index (χ4v) is 0.971. The Morgan fingerprint density at radius 3 is 2.87 bits per heavy atom. The highest BCUT2D eigenvalue weighted by Crippen LogP contribution is 2.17. The molecule has 0 unspecified atom stereocenters. The van der Waals surface area contributed by atoms with Gasteiger partial charge in [-0.3, -0.25) is 0 Å². The normalized spacial score (nSPS) is 11.2. The van der Waals surface area contributed by atoms with E-state index in [1.807, 2.05) is 0 Å². The minimum absolute atomic E-state index is 0.0542. The molecule has 1 aromatic heterocycles. The van der Waals surface area contributed by atoms with Crippen LogP contribution in [0.25, 0.3) is 6.08 Å². The Kier molecular flexibility index (Phi) is 3.79. The summed E-state index contributed by atoms with van der Waals surface area (Å²) < 4.78 is 14.7. The van der Waals surface area contributed by atoms with Crippen molar-refractivity contribution in [1.82, 2.24) is 0 Å². The van der Waals surface area contributed by atoms with Crippen LogP contribution in [0, 0.1) is 0 Å². The molecule has 0 saturated heterocycles. The number of nitrogen functional groups attached to an aromatic ring is 1. The summed E-state index contributed by atoms with van der Waals surface area (Å²) in [6.07, 6.45) is 2.83. The Morgan fingerprint density at radius 1 is 1.67 bits per heavy atom. The molecule has 1 heterocycles. The molecule has 0 saturated carbocycles. The second-order valence-corrected chi connectivity index (χ2v) is 2.67. The maximum absolute atomic E-state index is 11.3. The summed E-state index contributed by atoms with van der Waals surface area (Å²) in [5, 5.41) is 0. The van der Waals surface area contributed by atoms with Gasteiger partial charge in [0.15, 0.2) is 5.76 Å². The molecule has 1 aromatic rings. The van der Waals surface area contributed by atoms with Crippen LogP contribution >= 0.6 is 0 Å². The minimum Gasteiger partial charge on any atom is -0.490 e. The van der Waals surface area contributed by atoms with E-state index in [1.165, 1.54) is 19.4 Å². The molecule has 0 bridgehead atoms. The highest BCUT2D eigenvalue weighted by Gasteiger charge is 2.12. The van der Waals surface area contributed by atoms with Crippen LogP contribution in [0.5, 0.6) is 0 Å². The Balaban J connectivity index is 2.87. The molecule has 0 atom stereocenters. The number of ether oxygens (including phenoxy) is 2. The Bertz CT molecular complexity index is 367. The third-order valence-electron chi connectivity index (χ3n) is 1.69. The van der Waals surface area contributed by atoms with Gasteiger partial charge in [0.25, 0.3) is 0 Å². The smallest absolute Gasteiger partial charge is 0.373 e. The second-order valence-electron chi connectivity index (χ2n) is 2.67. The zero-order chi connectivity index (χ0) is 11.3. The summed E-state index contributed by atoms with van der Waals surface area (Å²) in [7, 11) is 1.38. The number of carbonyl (C=O) groups is 1. The van der Waals surface area contributed by atoms with E-state index in [0.717, 1.165) is 0 Å². The SMILES string of the molecule is CCOC(=O)/C(=C/c1occc1N)OC. The first kappa shape index (κ1) is 11.2. The van der Waals surface area contributed by atoms with Gasteiger partial charge in [-0.25, -0.2) is 4.79 Å². The summed E-state index contributed by atoms with van der Waals surface area (Å²) >= 11 is 0. The predicted octanol–water partition coefficient (Wildman–Crippen LogP) is 1.41. The van der Waals surface area contributed by atoms with Crippen LogP contribution in [0.15, 0.2) is 22.5 Å². The van der Waals surface area contributed by atoms with Gasteiger partial charge in [0.2, 0.25) is 5.76 Å². The van der Waals surface area contributed by atoms with Crippen LogP contribution in [0.1, 0.15) is 12.7 Å². The predicted molar refractivity (Wildman–Crippen MR) is 54.7 cm³/mol. The topological polar surface area (TPSA) is 74.7 Å². The lowest BCUT2D eigenvalue weighted by Gasteiger charge is -2.04. The standard InChI is InChI=1S/C10H13NO4/c1-3-14-10(12)9(13-2)6-8-7(11)4-5-15-8/h4-6H,3,11H2,1-2H3/b9-6-. The summed E-state index contributed by atoms with van der Waals surface area (Å²) in [6, 6.07) is 1.59. The molecule has 82 valence electrons. The zero-order valence-electron chi connectivity index (χ0n) is 8.65. The van der Waals surface area contributed by atoms with Gasteiger partial charge in [-0.2, -0.15) is 0 Å². The van der Waals surface area contributed by atoms with E-state index in [1.54, 1.807) is 13.0 Å². The molecular formula is C10H13NO4. The molecule has 0 aliphatic heterocycles. The Morgan fingerprint density at radius 2 is 2.40 bits per heavy atom. The number of furan rings is 1. The highest BCUT2D eigenvalue weighted by atomic mass is 16.6. The van der Waals surface area contributed by atoms with Crippen LogP contribution in [-0.4, -0.2) is 19.7 Å². The molecule has 0 aromatic carbocycles. The lowest BCUT2D eigenvalue weighted by molar-refractivity contribution is -0.141. The fourth-order valence-electron chi connectivity index (χ4n) is 0.971. The molecule has 0 fully saturated rings. The Hall–Kier alpha value is -1.91. The van der Waals surface area contributed by atoms with Gasteiger partial charge >= 0.3 is 5.97 Å². The largest absolute Gasteiger partial charge is 0.490 e. The van der Waals surface area contributed by atoms with E-state index in [2.05, 4.69) is 0 Å². The number of hydrogen-bond donors (Lipinski definition) is 1. The summed E-state index contributed by atoms with van der Waals surface area (Å²) in [6.45, 7) is 2.00. The van der Waals surface area contributed by atoms with Crippen molar-refractivity contribution in [2.45, 2.75) is 6.92 Å². The van der Waals surface area contributed by atoms with Gasteiger partial charge in [0.1, 0.15) is 0 Å². The number of carbonyl (C=O) groups excluding carboxylic acids is 1. The third kappa shape index (κ3) is 2.77. The first-order chi connectivity index (χ1) is 7.19. The van der Waals surface area contributed by atoms with Crippen LogP contribution in [0.3, 0.4) is 0 Å². The maximum atomic E-state index is 11.3. The van der Waals surface area contributed by atoms with Crippen LogP contribution < -0.4 is 5.73 Å². The number of methoxy groups -OCH3 is 1. The van der Waals surface area contributed by atoms with E-state index in [4.69, 9.17) is 19.6 Å². The average molecular weight is 211 g/mol. The molecule has 0 aliphatic rings. The lowest BCUT2D eigenvalue weighted by atomic mass is 10.3. The van der Waals surface area contributed by atoms with E-state index in [-0.39, 0.29) is 12.4 Å². The molecule has 0 spiro atoms. The van der Waals surface area contributed by atoms with Gasteiger partial charge < -0.3 is 19.6 Å². The van der Waals surface area contributed by atoms with Crippen molar-refractivity contribution in [3.05, 3.63) is 23.8 Å². The lowest BCUT2D eigenvalue weighted by Crippen LogP contribution is -2.08. The number of anilines is 1. The number of nitrogens with two attached hydrogens (primary N) is 1. The number of rotatable bonds is 4. The summed E-state index contributed by atoms with van der Waals surface area (Å²) in [5.41, 5.74) is 6.01. The van der Waals surface area contributed by atoms with Crippen molar-refractivity contribution < 1.29 is 18.7 Å². The van der Waals surface area contributed by atoms with Crippen molar-refractivity contribution in [3.8, 4) is 0 Å². The van der Waals surface area contributed by atoms with E-state index < -0.39 is 5.97 Å². The molecule has 0 amide bonds. The highest BCUT2D eigenvalue weighted by molar-refractivity contribution is 5.91. The molecule has 0 aliphatic carbocycles. The fraction of sp³-hybridized carbons (Fsp3) is 0.300. The molecule has 2 N–H and O–H groups in total. The number of hydrogen-bond acceptors (Lipinski definition) is 5. The van der Waals surface area contributed by atoms with E-state index >= 15 is 0 Å². The molecule has 0 radical (unpaired) electrons. The van der Waals surface area contributed by atoms with Crippen molar-refractivity contribution in [1.29, 1.82) is 0 Å². The van der Waals surface area contributed by atoms with Crippen LogP contribution in [-0.2, 0) is 14.3 Å². The van der Waals surface area contributed by atoms with Crippen LogP contribution in [0.4, 0.5) is 5.69 Å². The minimum atomic E-state index is -0.546. The molecule has 15 heavy (non-hydrogen) atoms. The summed E-state index contributed by atoms with van der Waals surface area (Å²) in [4.78, 5) is 11.3. The number of esters is 1. The van der Waals surface area contributed by atoms with Gasteiger partial charge in [-0.05, 0) is 6.92 Å². The first-order valence-corrected chi connectivity index (χ1v) is 4.44. The van der Waals surface area contributed by atoms with Crippen LogP contribution in [0.2, 0.25) is 0 Å². The van der Waals surface area contributed by atoms with Crippen molar-refractivity contribution >= 4 is 17.7 Å². The van der Waals surface area contributed by atoms with Crippen molar-refractivity contribution in [2.75, 3.05) is 19.5 Å².